The van der Waals surface area contributed by atoms with Crippen molar-refractivity contribution in [1.82, 2.24) is 15.5 Å². The van der Waals surface area contributed by atoms with Gasteiger partial charge in [0.25, 0.3) is 0 Å². The van der Waals surface area contributed by atoms with Crippen LogP contribution in [0.4, 0.5) is 4.39 Å². The molecule has 0 saturated carbocycles. The second-order valence-electron chi connectivity index (χ2n) is 7.92. The molecule has 2 N–H and O–H groups in total. The topological polar surface area (TPSA) is 66.0 Å². The maximum atomic E-state index is 13.4. The number of guanidine groups is 1. The van der Waals surface area contributed by atoms with Gasteiger partial charge in [0.1, 0.15) is 5.82 Å². The number of aliphatic imine (C=N–C) groups is 1. The zero-order chi connectivity index (χ0) is 20.7. The van der Waals surface area contributed by atoms with Crippen LogP contribution in [0.1, 0.15) is 45.1 Å². The first-order chi connectivity index (χ1) is 14.1. The van der Waals surface area contributed by atoms with E-state index in [1.807, 2.05) is 30.9 Å². The molecular formula is C22H33FN4O2. The van der Waals surface area contributed by atoms with Crippen LogP contribution in [0.5, 0.6) is 0 Å². The first-order valence-corrected chi connectivity index (χ1v) is 10.7. The van der Waals surface area contributed by atoms with Crippen LogP contribution < -0.4 is 10.6 Å². The average Bonchev–Trinajstić information content (AvgIpc) is 3.21. The highest BCUT2D eigenvalue weighted by molar-refractivity contribution is 5.80. The maximum absolute atomic E-state index is 13.4. The first-order valence-electron chi connectivity index (χ1n) is 10.7. The molecule has 1 unspecified atom stereocenters. The molecule has 0 bridgehead atoms. The van der Waals surface area contributed by atoms with Crippen LogP contribution >= 0.6 is 0 Å². The quantitative estimate of drug-likeness (QED) is 0.565. The zero-order valence-corrected chi connectivity index (χ0v) is 17.5. The van der Waals surface area contributed by atoms with Crippen molar-refractivity contribution in [2.75, 3.05) is 39.4 Å². The number of nitrogens with one attached hydrogen (secondary N) is 2. The van der Waals surface area contributed by atoms with Gasteiger partial charge in [-0.3, -0.25) is 9.79 Å². The van der Waals surface area contributed by atoms with Crippen molar-refractivity contribution < 1.29 is 13.9 Å². The van der Waals surface area contributed by atoms with Crippen LogP contribution in [-0.4, -0.2) is 62.2 Å². The lowest BCUT2D eigenvalue weighted by Crippen LogP contribution is -2.46. The number of amides is 1. The van der Waals surface area contributed by atoms with Crippen molar-refractivity contribution in [2.24, 2.45) is 4.99 Å². The molecule has 1 amide bonds. The Morgan fingerprint density at radius 3 is 2.66 bits per heavy atom. The molecule has 0 radical (unpaired) electrons. The summed E-state index contributed by atoms with van der Waals surface area (Å²) in [5.74, 6) is 0.756. The van der Waals surface area contributed by atoms with E-state index in [9.17, 15) is 9.18 Å². The van der Waals surface area contributed by atoms with Gasteiger partial charge in [-0.15, -0.1) is 0 Å². The fourth-order valence-electron chi connectivity index (χ4n) is 4.18. The molecule has 1 aromatic rings. The molecule has 160 valence electrons. The molecule has 2 fully saturated rings. The molecule has 29 heavy (non-hydrogen) atoms. The minimum atomic E-state index is -0.220. The van der Waals surface area contributed by atoms with E-state index in [1.165, 1.54) is 12.1 Å². The number of nitrogens with zero attached hydrogens (tertiary/aromatic N) is 2. The summed E-state index contributed by atoms with van der Waals surface area (Å²) in [5.41, 5.74) is 0.969. The smallest absolute Gasteiger partial charge is 0.222 e. The van der Waals surface area contributed by atoms with E-state index < -0.39 is 0 Å². The molecule has 2 aliphatic heterocycles. The molecule has 2 heterocycles. The highest BCUT2D eigenvalue weighted by Crippen LogP contribution is 2.35. The third-order valence-corrected chi connectivity index (χ3v) is 5.97. The average molecular weight is 405 g/mol. The Morgan fingerprint density at radius 2 is 2.00 bits per heavy atom. The Labute approximate surface area is 172 Å². The van der Waals surface area contributed by atoms with Gasteiger partial charge in [0.15, 0.2) is 5.96 Å². The van der Waals surface area contributed by atoms with Crippen molar-refractivity contribution >= 4 is 11.9 Å². The maximum Gasteiger partial charge on any atom is 0.222 e. The monoisotopic (exact) mass is 404 g/mol. The Hall–Kier alpha value is -2.15. The van der Waals surface area contributed by atoms with Gasteiger partial charge in [-0.05, 0) is 43.9 Å². The summed E-state index contributed by atoms with van der Waals surface area (Å²) in [5, 5.41) is 6.83. The Morgan fingerprint density at radius 1 is 1.28 bits per heavy atom. The number of benzene rings is 1. The summed E-state index contributed by atoms with van der Waals surface area (Å²) in [6.45, 7) is 8.21. The standard InChI is InChI=1S/C22H33FN4O2/c1-3-20(28)27-12-9-19(15-27)26-21(24-4-2)25-16-22(10-13-29-14-11-22)17-5-7-18(23)8-6-17/h5-8,19H,3-4,9-16H2,1-2H3,(H2,24,25,26). The van der Waals surface area contributed by atoms with Crippen molar-refractivity contribution in [3.8, 4) is 0 Å². The predicted octanol–water partition coefficient (Wildman–Crippen LogP) is 2.44. The fourth-order valence-corrected chi connectivity index (χ4v) is 4.18. The number of hydrogen-bond acceptors (Lipinski definition) is 3. The van der Waals surface area contributed by atoms with Crippen LogP contribution in [-0.2, 0) is 14.9 Å². The molecule has 0 aromatic heterocycles. The van der Waals surface area contributed by atoms with E-state index in [4.69, 9.17) is 9.73 Å². The van der Waals surface area contributed by atoms with Crippen LogP contribution in [0.25, 0.3) is 0 Å². The van der Waals surface area contributed by atoms with E-state index in [1.54, 1.807) is 0 Å². The highest BCUT2D eigenvalue weighted by atomic mass is 19.1. The highest BCUT2D eigenvalue weighted by Gasteiger charge is 2.35. The summed E-state index contributed by atoms with van der Waals surface area (Å²) in [4.78, 5) is 18.8. The van der Waals surface area contributed by atoms with Crippen molar-refractivity contribution in [3.63, 3.8) is 0 Å². The lowest BCUT2D eigenvalue weighted by atomic mass is 9.74. The van der Waals surface area contributed by atoms with Gasteiger partial charge in [-0.25, -0.2) is 4.39 Å². The largest absolute Gasteiger partial charge is 0.381 e. The van der Waals surface area contributed by atoms with Crippen LogP contribution in [0.15, 0.2) is 29.3 Å². The lowest BCUT2D eigenvalue weighted by molar-refractivity contribution is -0.129. The summed E-state index contributed by atoms with van der Waals surface area (Å²) in [6, 6.07) is 7.01. The number of hydrogen-bond donors (Lipinski definition) is 2. The van der Waals surface area contributed by atoms with Crippen LogP contribution in [0.3, 0.4) is 0 Å². The summed E-state index contributed by atoms with van der Waals surface area (Å²) in [7, 11) is 0. The van der Waals surface area contributed by atoms with E-state index >= 15 is 0 Å². The molecule has 1 aromatic carbocycles. The number of rotatable bonds is 6. The SMILES string of the molecule is CCNC(=NCC1(c2ccc(F)cc2)CCOCC1)NC1CCN(C(=O)CC)C1. The van der Waals surface area contributed by atoms with Crippen LogP contribution in [0.2, 0.25) is 0 Å². The molecule has 2 aliphatic rings. The zero-order valence-electron chi connectivity index (χ0n) is 17.5. The molecule has 6 nitrogen and oxygen atoms in total. The molecule has 1 atom stereocenters. The molecule has 7 heteroatoms. The summed E-state index contributed by atoms with van der Waals surface area (Å²) in [6.07, 6.45) is 3.20. The van der Waals surface area contributed by atoms with Gasteiger partial charge in [0.05, 0.1) is 6.54 Å². The normalized spacial score (nSPS) is 21.8. The predicted molar refractivity (Wildman–Crippen MR) is 113 cm³/mol. The first kappa shape index (κ1) is 21.6. The third-order valence-electron chi connectivity index (χ3n) is 5.97. The molecule has 0 aliphatic carbocycles. The minimum Gasteiger partial charge on any atom is -0.381 e. The summed E-state index contributed by atoms with van der Waals surface area (Å²) < 4.78 is 19.0. The van der Waals surface area contributed by atoms with Gasteiger partial charge in [-0.1, -0.05) is 19.1 Å². The van der Waals surface area contributed by atoms with E-state index in [0.717, 1.165) is 43.9 Å². The fraction of sp³-hybridized carbons (Fsp3) is 0.636. The van der Waals surface area contributed by atoms with Crippen molar-refractivity contribution in [3.05, 3.63) is 35.6 Å². The van der Waals surface area contributed by atoms with Gasteiger partial charge in [0, 0.05) is 50.7 Å². The second-order valence-corrected chi connectivity index (χ2v) is 7.92. The van der Waals surface area contributed by atoms with E-state index in [-0.39, 0.29) is 23.2 Å². The molecule has 3 rings (SSSR count). The van der Waals surface area contributed by atoms with Gasteiger partial charge in [-0.2, -0.15) is 0 Å². The van der Waals surface area contributed by atoms with Crippen LogP contribution in [0, 0.1) is 5.82 Å². The molecular weight excluding hydrogens is 371 g/mol. The Balaban J connectivity index is 1.71. The second kappa shape index (κ2) is 10.1. The van der Waals surface area contributed by atoms with E-state index in [2.05, 4.69) is 10.6 Å². The number of likely N-dealkylation sites (tertiary alicyclic amines) is 1. The third kappa shape index (κ3) is 5.47. The lowest BCUT2D eigenvalue weighted by Gasteiger charge is -2.36. The number of carbonyl (C=O) groups excluding carboxylic acids is 1. The van der Waals surface area contributed by atoms with E-state index in [0.29, 0.717) is 32.7 Å². The Kier molecular flexibility index (Phi) is 7.47. The van der Waals surface area contributed by atoms with Gasteiger partial charge in [0.2, 0.25) is 5.91 Å². The van der Waals surface area contributed by atoms with Crippen molar-refractivity contribution in [1.29, 1.82) is 0 Å². The molecule has 2 saturated heterocycles. The number of ether oxygens (including phenoxy) is 1. The summed E-state index contributed by atoms with van der Waals surface area (Å²) >= 11 is 0. The molecule has 0 spiro atoms. The van der Waals surface area contributed by atoms with Crippen molar-refractivity contribution in [2.45, 2.75) is 51.0 Å². The van der Waals surface area contributed by atoms with Gasteiger partial charge < -0.3 is 20.3 Å². The number of carbonyl (C=O) groups is 1. The Bertz CT molecular complexity index is 701. The minimum absolute atomic E-state index is 0.145. The number of halogens is 1. The van der Waals surface area contributed by atoms with Gasteiger partial charge >= 0.3 is 0 Å².